The lowest BCUT2D eigenvalue weighted by molar-refractivity contribution is -0.0289. The van der Waals surface area contributed by atoms with Crippen LogP contribution in [0.25, 0.3) is 22.3 Å². The number of aromatic nitrogens is 6. The molecule has 3 aromatic heterocycles. The van der Waals surface area contributed by atoms with E-state index < -0.39 is 24.5 Å². The van der Waals surface area contributed by atoms with E-state index in [4.69, 9.17) is 10.5 Å². The molecule has 4 atom stereocenters. The van der Waals surface area contributed by atoms with Gasteiger partial charge in [-0.25, -0.2) is 19.7 Å². The highest BCUT2D eigenvalue weighted by Crippen LogP contribution is 2.33. The normalized spacial score (nSPS) is 21.4. The number of benzene rings is 1. The van der Waals surface area contributed by atoms with E-state index in [0.29, 0.717) is 35.8 Å². The molecule has 0 saturated carbocycles. The summed E-state index contributed by atoms with van der Waals surface area (Å²) in [6, 6.07) is 7.62. The monoisotopic (exact) mass is 525 g/mol. The van der Waals surface area contributed by atoms with Crippen molar-refractivity contribution >= 4 is 34.8 Å². The summed E-state index contributed by atoms with van der Waals surface area (Å²) in [5.74, 6) is 1.27. The number of H-pyrrole nitrogens is 1. The number of ether oxygens (including phenoxy) is 1. The van der Waals surface area contributed by atoms with Crippen molar-refractivity contribution in [3.8, 4) is 11.1 Å². The number of rotatable bonds is 9. The lowest BCUT2D eigenvalue weighted by Crippen LogP contribution is -2.36. The van der Waals surface area contributed by atoms with Gasteiger partial charge in [0.25, 0.3) is 0 Å². The van der Waals surface area contributed by atoms with Gasteiger partial charge in [0.15, 0.2) is 17.7 Å². The first kappa shape index (κ1) is 25.0. The molecule has 0 radical (unpaired) electrons. The Bertz CT molecular complexity index is 1330. The molecule has 37 heavy (non-hydrogen) atoms. The lowest BCUT2D eigenvalue weighted by atomic mass is 10.1. The number of nitrogens with zero attached hydrogens (tertiary/aromatic N) is 5. The fourth-order valence-electron chi connectivity index (χ4n) is 4.06. The summed E-state index contributed by atoms with van der Waals surface area (Å²) in [7, 11) is 0. The van der Waals surface area contributed by atoms with Gasteiger partial charge in [0.2, 0.25) is 0 Å². The third-order valence-electron chi connectivity index (χ3n) is 6.05. The molecule has 13 nitrogen and oxygen atoms in total. The van der Waals surface area contributed by atoms with Crippen molar-refractivity contribution in [1.29, 1.82) is 0 Å². The largest absolute Gasteiger partial charge is 0.387 e. The van der Waals surface area contributed by atoms with Crippen LogP contribution < -0.4 is 16.4 Å². The highest BCUT2D eigenvalue weighted by atomic mass is 32.2. The van der Waals surface area contributed by atoms with E-state index in [1.54, 1.807) is 10.8 Å². The summed E-state index contributed by atoms with van der Waals surface area (Å²) in [6.45, 7) is 0.846. The van der Waals surface area contributed by atoms with Crippen molar-refractivity contribution in [1.82, 2.24) is 40.3 Å². The predicted molar refractivity (Wildman–Crippen MR) is 137 cm³/mol. The van der Waals surface area contributed by atoms with Gasteiger partial charge in [0.05, 0.1) is 18.6 Å². The smallest absolute Gasteiger partial charge is 0.315 e. The number of aromatic amines is 1. The third kappa shape index (κ3) is 5.51. The van der Waals surface area contributed by atoms with Crippen molar-refractivity contribution in [2.75, 3.05) is 23.8 Å². The van der Waals surface area contributed by atoms with Gasteiger partial charge in [-0.3, -0.25) is 9.67 Å². The van der Waals surface area contributed by atoms with Crippen LogP contribution >= 0.6 is 11.8 Å². The van der Waals surface area contributed by atoms with Gasteiger partial charge in [0, 0.05) is 36.4 Å². The second kappa shape index (κ2) is 11.1. The Morgan fingerprint density at radius 1 is 1.14 bits per heavy atom. The number of hydrogen-bond acceptors (Lipinski definition) is 10. The number of urea groups is 1. The van der Waals surface area contributed by atoms with Crippen LogP contribution in [0.1, 0.15) is 11.8 Å². The molecule has 1 saturated heterocycles. The number of anilines is 1. The zero-order valence-corrected chi connectivity index (χ0v) is 20.5. The molecule has 4 aromatic rings. The van der Waals surface area contributed by atoms with Crippen LogP contribution in [0.5, 0.6) is 0 Å². The van der Waals surface area contributed by atoms with Crippen LogP contribution in [-0.4, -0.2) is 82.3 Å². The molecular weight excluding hydrogens is 498 g/mol. The Kier molecular flexibility index (Phi) is 7.50. The first-order valence-corrected chi connectivity index (χ1v) is 12.8. The van der Waals surface area contributed by atoms with E-state index in [9.17, 15) is 15.0 Å². The van der Waals surface area contributed by atoms with Crippen molar-refractivity contribution in [2.45, 2.75) is 31.1 Å². The molecule has 194 valence electrons. The van der Waals surface area contributed by atoms with E-state index >= 15 is 0 Å². The maximum atomic E-state index is 12.1. The number of imidazole rings is 1. The average molecular weight is 526 g/mol. The standard InChI is InChI=1S/C23H27N9O4S/c24-20-17-21(28-11-27-20)32(12-29-17)22-19(34)18(33)16(36-22)10-37-6-5-25-23(35)26-7-13-1-3-14(4-2-13)15-8-30-31-9-15/h1-4,8-9,11-12,16,18-19,22,33-34H,5-7,10H2,(H,30,31)(H2,24,27,28)(H2,25,26,35)/t16-,18-,19-,22-/m1/s1. The molecule has 0 bridgehead atoms. The van der Waals surface area contributed by atoms with Crippen LogP contribution in [0.4, 0.5) is 10.6 Å². The van der Waals surface area contributed by atoms with Crippen LogP contribution in [0.2, 0.25) is 0 Å². The molecule has 0 spiro atoms. The Hall–Kier alpha value is -3.72. The summed E-state index contributed by atoms with van der Waals surface area (Å²) in [5.41, 5.74) is 9.68. The number of amides is 2. The fourth-order valence-corrected chi connectivity index (χ4v) is 4.98. The van der Waals surface area contributed by atoms with Crippen LogP contribution in [0.3, 0.4) is 0 Å². The fraction of sp³-hybridized carbons (Fsp3) is 0.348. The van der Waals surface area contributed by atoms with E-state index in [-0.39, 0.29) is 11.8 Å². The van der Waals surface area contributed by atoms with Crippen LogP contribution in [0, 0.1) is 0 Å². The maximum Gasteiger partial charge on any atom is 0.315 e. The van der Waals surface area contributed by atoms with Gasteiger partial charge >= 0.3 is 6.03 Å². The maximum absolute atomic E-state index is 12.1. The molecule has 0 unspecified atom stereocenters. The lowest BCUT2D eigenvalue weighted by Gasteiger charge is -2.16. The number of nitrogens with one attached hydrogen (secondary N) is 3. The van der Waals surface area contributed by atoms with Gasteiger partial charge < -0.3 is 31.3 Å². The molecule has 0 aliphatic carbocycles. The topological polar surface area (TPSA) is 189 Å². The molecule has 14 heteroatoms. The van der Waals surface area contributed by atoms with Gasteiger partial charge in [-0.15, -0.1) is 0 Å². The number of aliphatic hydroxyl groups excluding tert-OH is 2. The second-order valence-electron chi connectivity index (χ2n) is 8.50. The predicted octanol–water partition coefficient (Wildman–Crippen LogP) is 0.650. The first-order chi connectivity index (χ1) is 18.0. The Morgan fingerprint density at radius 3 is 2.76 bits per heavy atom. The highest BCUT2D eigenvalue weighted by Gasteiger charge is 2.44. The minimum absolute atomic E-state index is 0.226. The van der Waals surface area contributed by atoms with Crippen molar-refractivity contribution in [3.05, 3.63) is 54.9 Å². The van der Waals surface area contributed by atoms with Crippen molar-refractivity contribution in [2.24, 2.45) is 0 Å². The van der Waals surface area contributed by atoms with Gasteiger partial charge in [-0.2, -0.15) is 16.9 Å². The number of hydrogen-bond donors (Lipinski definition) is 6. The number of thioether (sulfide) groups is 1. The highest BCUT2D eigenvalue weighted by molar-refractivity contribution is 7.99. The Balaban J connectivity index is 1.02. The number of carbonyl (C=O) groups is 1. The van der Waals surface area contributed by atoms with Crippen LogP contribution in [0.15, 0.2) is 49.3 Å². The second-order valence-corrected chi connectivity index (χ2v) is 9.65. The van der Waals surface area contributed by atoms with Crippen molar-refractivity contribution in [3.63, 3.8) is 0 Å². The number of carbonyl (C=O) groups excluding carboxylic acids is 1. The summed E-state index contributed by atoms with van der Waals surface area (Å²) in [5, 5.41) is 33.4. The van der Waals surface area contributed by atoms with Crippen molar-refractivity contribution < 1.29 is 19.7 Å². The van der Waals surface area contributed by atoms with E-state index in [0.717, 1.165) is 16.7 Å². The molecule has 1 aliphatic rings. The summed E-state index contributed by atoms with van der Waals surface area (Å²) in [6.07, 6.45) is 2.67. The van der Waals surface area contributed by atoms with Gasteiger partial charge in [-0.05, 0) is 11.1 Å². The average Bonchev–Trinajstić information content (AvgIpc) is 3.65. The Morgan fingerprint density at radius 2 is 1.97 bits per heavy atom. The molecule has 4 heterocycles. The SMILES string of the molecule is Nc1ncnc2c1ncn2[C@@H]1O[C@H](CSCCNC(=O)NCc2ccc(-c3cn[nH]c3)cc2)[C@@H](O)[C@H]1O. The number of nitrogen functional groups attached to an aromatic ring is 1. The molecular formula is C23H27N9O4S. The van der Waals surface area contributed by atoms with Gasteiger partial charge in [-0.1, -0.05) is 24.3 Å². The summed E-state index contributed by atoms with van der Waals surface area (Å²) >= 11 is 1.50. The molecule has 5 rings (SSSR count). The van der Waals surface area contributed by atoms with Gasteiger partial charge in [0.1, 0.15) is 24.1 Å². The molecule has 1 aliphatic heterocycles. The van der Waals surface area contributed by atoms with E-state index in [1.165, 1.54) is 24.4 Å². The molecule has 1 aromatic carbocycles. The minimum Gasteiger partial charge on any atom is -0.387 e. The minimum atomic E-state index is -1.16. The number of aliphatic hydroxyl groups is 2. The Labute approximate surface area is 215 Å². The number of nitrogens with two attached hydrogens (primary N) is 1. The summed E-state index contributed by atoms with van der Waals surface area (Å²) in [4.78, 5) is 24.4. The number of fused-ring (bicyclic) bond motifs is 1. The molecule has 1 fully saturated rings. The van der Waals surface area contributed by atoms with E-state index in [2.05, 4.69) is 35.8 Å². The molecule has 2 amide bonds. The third-order valence-corrected chi connectivity index (χ3v) is 7.11. The quantitative estimate of drug-likeness (QED) is 0.169. The summed E-state index contributed by atoms with van der Waals surface area (Å²) < 4.78 is 7.47. The first-order valence-electron chi connectivity index (χ1n) is 11.6. The molecule has 7 N–H and O–H groups in total. The zero-order chi connectivity index (χ0) is 25.8. The van der Waals surface area contributed by atoms with E-state index in [1.807, 2.05) is 30.5 Å². The van der Waals surface area contributed by atoms with Crippen LogP contribution in [-0.2, 0) is 11.3 Å². The zero-order valence-electron chi connectivity index (χ0n) is 19.7.